The van der Waals surface area contributed by atoms with Gasteiger partial charge in [-0.2, -0.15) is 0 Å². The first-order valence-electron chi connectivity index (χ1n) is 4.69. The normalized spacial score (nSPS) is 16.4. The Labute approximate surface area is 78.7 Å². The molecule has 2 nitrogen and oxygen atoms in total. The molecule has 2 rings (SSSR count). The number of hydrogen-bond donors (Lipinski definition) is 1. The lowest BCUT2D eigenvalue weighted by Gasteiger charge is -2.13. The fraction of sp³-hybridized carbons (Fsp3) is 0.364. The van der Waals surface area contributed by atoms with Gasteiger partial charge in [0.2, 0.25) is 0 Å². The molecule has 1 aromatic heterocycles. The SMILES string of the molecule is Cc1cc(NC2CC=CC2)ccn1. The summed E-state index contributed by atoms with van der Waals surface area (Å²) < 4.78 is 0. The molecular weight excluding hydrogens is 160 g/mol. The highest BCUT2D eigenvalue weighted by Crippen LogP contribution is 2.16. The summed E-state index contributed by atoms with van der Waals surface area (Å²) in [5, 5.41) is 3.48. The van der Waals surface area contributed by atoms with Crippen molar-refractivity contribution in [2.45, 2.75) is 25.8 Å². The molecule has 0 saturated heterocycles. The molecule has 1 aromatic rings. The van der Waals surface area contributed by atoms with Crippen LogP contribution in [0.25, 0.3) is 0 Å². The van der Waals surface area contributed by atoms with Crippen molar-refractivity contribution in [2.75, 3.05) is 5.32 Å². The number of nitrogens with one attached hydrogen (secondary N) is 1. The van der Waals surface area contributed by atoms with Crippen LogP contribution >= 0.6 is 0 Å². The van der Waals surface area contributed by atoms with Crippen molar-refractivity contribution >= 4 is 5.69 Å². The average Bonchev–Trinajstić information content (AvgIpc) is 2.57. The van der Waals surface area contributed by atoms with Gasteiger partial charge in [0.1, 0.15) is 0 Å². The number of aromatic nitrogens is 1. The lowest BCUT2D eigenvalue weighted by Crippen LogP contribution is -2.14. The van der Waals surface area contributed by atoms with Crippen molar-refractivity contribution < 1.29 is 0 Å². The van der Waals surface area contributed by atoms with Crippen molar-refractivity contribution in [1.82, 2.24) is 4.98 Å². The van der Waals surface area contributed by atoms with Crippen LogP contribution in [0.15, 0.2) is 30.5 Å². The van der Waals surface area contributed by atoms with Crippen LogP contribution < -0.4 is 5.32 Å². The van der Waals surface area contributed by atoms with Crippen LogP contribution in [-0.2, 0) is 0 Å². The first kappa shape index (κ1) is 8.30. The van der Waals surface area contributed by atoms with Gasteiger partial charge in [-0.3, -0.25) is 4.98 Å². The van der Waals surface area contributed by atoms with Gasteiger partial charge in [0.25, 0.3) is 0 Å². The Kier molecular flexibility index (Phi) is 2.30. The molecule has 68 valence electrons. The van der Waals surface area contributed by atoms with Gasteiger partial charge in [0.05, 0.1) is 0 Å². The van der Waals surface area contributed by atoms with Crippen LogP contribution in [-0.4, -0.2) is 11.0 Å². The molecular formula is C11H14N2. The van der Waals surface area contributed by atoms with E-state index in [1.54, 1.807) is 0 Å². The predicted octanol–water partition coefficient (Wildman–Crippen LogP) is 2.52. The van der Waals surface area contributed by atoms with Gasteiger partial charge in [0, 0.05) is 23.6 Å². The Morgan fingerprint density at radius 2 is 2.15 bits per heavy atom. The summed E-state index contributed by atoms with van der Waals surface area (Å²) in [6, 6.07) is 4.69. The van der Waals surface area contributed by atoms with Gasteiger partial charge >= 0.3 is 0 Å². The zero-order chi connectivity index (χ0) is 9.10. The molecule has 0 atom stereocenters. The van der Waals surface area contributed by atoms with Crippen molar-refractivity contribution in [1.29, 1.82) is 0 Å². The Hall–Kier alpha value is -1.31. The molecule has 0 fully saturated rings. The molecule has 0 aliphatic heterocycles. The number of rotatable bonds is 2. The summed E-state index contributed by atoms with van der Waals surface area (Å²) in [4.78, 5) is 4.16. The number of aryl methyl sites for hydroxylation is 1. The van der Waals surface area contributed by atoms with E-state index in [9.17, 15) is 0 Å². The first-order chi connectivity index (χ1) is 6.34. The Morgan fingerprint density at radius 1 is 1.38 bits per heavy atom. The zero-order valence-electron chi connectivity index (χ0n) is 7.83. The molecule has 1 N–H and O–H groups in total. The Balaban J connectivity index is 2.01. The third-order valence-electron chi connectivity index (χ3n) is 2.28. The molecule has 0 unspecified atom stereocenters. The molecule has 0 amide bonds. The second-order valence-electron chi connectivity index (χ2n) is 3.47. The molecule has 0 spiro atoms. The molecule has 0 saturated carbocycles. The zero-order valence-corrected chi connectivity index (χ0v) is 7.83. The number of pyridine rings is 1. The van der Waals surface area contributed by atoms with Crippen LogP contribution in [0.3, 0.4) is 0 Å². The smallest absolute Gasteiger partial charge is 0.0393 e. The highest BCUT2D eigenvalue weighted by Gasteiger charge is 2.08. The van der Waals surface area contributed by atoms with Crippen LogP contribution in [0.2, 0.25) is 0 Å². The van der Waals surface area contributed by atoms with Crippen LogP contribution in [0.4, 0.5) is 5.69 Å². The maximum atomic E-state index is 4.16. The average molecular weight is 174 g/mol. The Morgan fingerprint density at radius 3 is 2.85 bits per heavy atom. The topological polar surface area (TPSA) is 24.9 Å². The highest BCUT2D eigenvalue weighted by molar-refractivity contribution is 5.44. The van der Waals surface area contributed by atoms with E-state index < -0.39 is 0 Å². The van der Waals surface area contributed by atoms with Crippen molar-refractivity contribution in [3.8, 4) is 0 Å². The van der Waals surface area contributed by atoms with E-state index in [1.807, 2.05) is 19.2 Å². The summed E-state index contributed by atoms with van der Waals surface area (Å²) in [6.07, 6.45) is 8.58. The van der Waals surface area contributed by atoms with Gasteiger partial charge in [0.15, 0.2) is 0 Å². The standard InChI is InChI=1S/C11H14N2/c1-9-8-11(6-7-12-9)13-10-4-2-3-5-10/h2-3,6-8,10H,4-5H2,1H3,(H,12,13). The van der Waals surface area contributed by atoms with Gasteiger partial charge in [-0.25, -0.2) is 0 Å². The molecule has 0 aromatic carbocycles. The second kappa shape index (κ2) is 3.60. The molecule has 2 heteroatoms. The minimum atomic E-state index is 0.585. The van der Waals surface area contributed by atoms with Gasteiger partial charge in [-0.05, 0) is 31.9 Å². The van der Waals surface area contributed by atoms with E-state index in [0.717, 1.165) is 18.5 Å². The number of nitrogens with zero attached hydrogens (tertiary/aromatic N) is 1. The fourth-order valence-corrected chi connectivity index (χ4v) is 1.61. The molecule has 1 aliphatic carbocycles. The third-order valence-corrected chi connectivity index (χ3v) is 2.28. The Bertz CT molecular complexity index is 310. The van der Waals surface area contributed by atoms with E-state index in [-0.39, 0.29) is 0 Å². The molecule has 1 heterocycles. The summed E-state index contributed by atoms with van der Waals surface area (Å²) in [5.41, 5.74) is 2.25. The maximum Gasteiger partial charge on any atom is 0.0393 e. The van der Waals surface area contributed by atoms with Crippen molar-refractivity contribution in [2.24, 2.45) is 0 Å². The van der Waals surface area contributed by atoms with Gasteiger partial charge < -0.3 is 5.32 Å². The lowest BCUT2D eigenvalue weighted by molar-refractivity contribution is 0.786. The monoisotopic (exact) mass is 174 g/mol. The molecule has 13 heavy (non-hydrogen) atoms. The summed E-state index contributed by atoms with van der Waals surface area (Å²) >= 11 is 0. The fourth-order valence-electron chi connectivity index (χ4n) is 1.61. The van der Waals surface area contributed by atoms with Crippen molar-refractivity contribution in [3.63, 3.8) is 0 Å². The molecule has 0 bridgehead atoms. The van der Waals surface area contributed by atoms with Crippen LogP contribution in [0.1, 0.15) is 18.5 Å². The van der Waals surface area contributed by atoms with E-state index in [0.29, 0.717) is 6.04 Å². The van der Waals surface area contributed by atoms with Crippen molar-refractivity contribution in [3.05, 3.63) is 36.2 Å². The first-order valence-corrected chi connectivity index (χ1v) is 4.69. The minimum Gasteiger partial charge on any atom is -0.382 e. The highest BCUT2D eigenvalue weighted by atomic mass is 14.9. The van der Waals surface area contributed by atoms with E-state index in [1.165, 1.54) is 5.69 Å². The summed E-state index contributed by atoms with van der Waals surface area (Å²) in [7, 11) is 0. The van der Waals surface area contributed by atoms with E-state index in [4.69, 9.17) is 0 Å². The third kappa shape index (κ3) is 2.08. The predicted molar refractivity (Wildman–Crippen MR) is 54.8 cm³/mol. The maximum absolute atomic E-state index is 4.16. The van der Waals surface area contributed by atoms with Crippen LogP contribution in [0, 0.1) is 6.92 Å². The van der Waals surface area contributed by atoms with E-state index >= 15 is 0 Å². The number of anilines is 1. The largest absolute Gasteiger partial charge is 0.382 e. The lowest BCUT2D eigenvalue weighted by atomic mass is 10.2. The quantitative estimate of drug-likeness (QED) is 0.697. The number of hydrogen-bond acceptors (Lipinski definition) is 2. The van der Waals surface area contributed by atoms with Crippen LogP contribution in [0.5, 0.6) is 0 Å². The van der Waals surface area contributed by atoms with Gasteiger partial charge in [-0.15, -0.1) is 0 Å². The molecule has 1 aliphatic rings. The van der Waals surface area contributed by atoms with E-state index in [2.05, 4.69) is 28.5 Å². The molecule has 0 radical (unpaired) electrons. The van der Waals surface area contributed by atoms with Gasteiger partial charge in [-0.1, -0.05) is 12.2 Å². The second-order valence-corrected chi connectivity index (χ2v) is 3.47. The minimum absolute atomic E-state index is 0.585. The summed E-state index contributed by atoms with van der Waals surface area (Å²) in [6.45, 7) is 2.01. The summed E-state index contributed by atoms with van der Waals surface area (Å²) in [5.74, 6) is 0.